The predicted octanol–water partition coefficient (Wildman–Crippen LogP) is 2.93. The molecule has 0 aliphatic rings. The molecule has 0 unspecified atom stereocenters. The lowest BCUT2D eigenvalue weighted by Crippen LogP contribution is -2.31. The number of amides is 1. The van der Waals surface area contributed by atoms with Crippen LogP contribution in [-0.2, 0) is 14.6 Å². The van der Waals surface area contributed by atoms with Crippen molar-refractivity contribution >= 4 is 21.4 Å². The average molecular weight is 378 g/mol. The molecule has 0 aliphatic carbocycles. The molecule has 140 valence electrons. The lowest BCUT2D eigenvalue weighted by molar-refractivity contribution is -0.120. The fourth-order valence-corrected chi connectivity index (χ4v) is 4.18. The number of nitrogens with one attached hydrogen (secondary N) is 1. The first-order chi connectivity index (χ1) is 12.3. The molecule has 0 spiro atoms. The molecule has 2 aromatic carbocycles. The molecule has 0 aliphatic heterocycles. The molecule has 1 N–H and O–H groups in total. The smallest absolute Gasteiger partial charge is 0.219 e. The van der Waals surface area contributed by atoms with E-state index in [2.05, 4.69) is 5.32 Å². The van der Waals surface area contributed by atoms with Crippen LogP contribution in [0.4, 0.5) is 10.1 Å². The average Bonchev–Trinajstić information content (AvgIpc) is 2.62. The Hall–Kier alpha value is -2.41. The van der Waals surface area contributed by atoms with Gasteiger partial charge in [0.05, 0.1) is 4.90 Å². The fourth-order valence-electron chi connectivity index (χ4n) is 2.51. The largest absolute Gasteiger partial charge is 0.378 e. The maximum Gasteiger partial charge on any atom is 0.219 e. The highest BCUT2D eigenvalue weighted by Crippen LogP contribution is 2.30. The molecular weight excluding hydrogens is 355 g/mol. The Balaban J connectivity index is 2.42. The number of sulfone groups is 1. The number of benzene rings is 2. The Morgan fingerprint density at radius 1 is 1.08 bits per heavy atom. The molecule has 0 fully saturated rings. The van der Waals surface area contributed by atoms with E-state index in [0.717, 1.165) is 17.8 Å². The summed E-state index contributed by atoms with van der Waals surface area (Å²) in [6.45, 7) is 1.65. The van der Waals surface area contributed by atoms with Crippen LogP contribution >= 0.6 is 0 Å². The van der Waals surface area contributed by atoms with Crippen molar-refractivity contribution in [1.82, 2.24) is 5.32 Å². The third-order valence-electron chi connectivity index (χ3n) is 4.10. The van der Waals surface area contributed by atoms with Gasteiger partial charge in [-0.25, -0.2) is 12.8 Å². The van der Waals surface area contributed by atoms with Crippen molar-refractivity contribution < 1.29 is 17.6 Å². The van der Waals surface area contributed by atoms with E-state index in [1.165, 1.54) is 12.1 Å². The number of rotatable bonds is 7. The van der Waals surface area contributed by atoms with E-state index in [4.69, 9.17) is 0 Å². The summed E-state index contributed by atoms with van der Waals surface area (Å²) in [6.07, 6.45) is 0.267. The van der Waals surface area contributed by atoms with E-state index in [-0.39, 0.29) is 23.8 Å². The van der Waals surface area contributed by atoms with Crippen molar-refractivity contribution in [2.75, 3.05) is 25.5 Å². The zero-order chi connectivity index (χ0) is 19.3. The van der Waals surface area contributed by atoms with Crippen LogP contribution in [0.15, 0.2) is 53.4 Å². The summed E-state index contributed by atoms with van der Waals surface area (Å²) in [5.41, 5.74) is 1.50. The molecule has 1 amide bonds. The van der Waals surface area contributed by atoms with Crippen LogP contribution in [0.2, 0.25) is 0 Å². The normalized spacial score (nSPS) is 12.5. The van der Waals surface area contributed by atoms with Crippen molar-refractivity contribution in [2.24, 2.45) is 0 Å². The molecule has 26 heavy (non-hydrogen) atoms. The van der Waals surface area contributed by atoms with Crippen LogP contribution in [-0.4, -0.2) is 35.0 Å². The third kappa shape index (κ3) is 4.60. The highest BCUT2D eigenvalue weighted by Gasteiger charge is 2.29. The van der Waals surface area contributed by atoms with Gasteiger partial charge in [0.15, 0.2) is 9.84 Å². The minimum Gasteiger partial charge on any atom is -0.378 e. The number of halogens is 1. The van der Waals surface area contributed by atoms with Gasteiger partial charge in [0.1, 0.15) is 11.1 Å². The first-order valence-corrected chi connectivity index (χ1v) is 9.83. The standard InChI is InChI=1S/C19H23FN2O3S/c1-4-19(23)21-13-18(14-5-9-16(10-6-14)22(2)3)26(24,25)17-11-7-15(20)8-12-17/h5-12,18H,4,13H2,1-3H3,(H,21,23)/t18-/m0/s1. The van der Waals surface area contributed by atoms with E-state index < -0.39 is 20.9 Å². The maximum absolute atomic E-state index is 13.2. The zero-order valence-electron chi connectivity index (χ0n) is 15.1. The van der Waals surface area contributed by atoms with E-state index >= 15 is 0 Å². The lowest BCUT2D eigenvalue weighted by Gasteiger charge is -2.20. The van der Waals surface area contributed by atoms with Gasteiger partial charge in [-0.2, -0.15) is 0 Å². The summed E-state index contributed by atoms with van der Waals surface area (Å²) in [5, 5.41) is 1.69. The van der Waals surface area contributed by atoms with Gasteiger partial charge in [0.2, 0.25) is 5.91 Å². The summed E-state index contributed by atoms with van der Waals surface area (Å²) in [7, 11) is -0.0187. The molecule has 1 atom stereocenters. The minimum absolute atomic E-state index is 0.0198. The van der Waals surface area contributed by atoms with Crippen LogP contribution in [0, 0.1) is 5.82 Å². The second kappa shape index (κ2) is 8.31. The Labute approximate surface area is 153 Å². The number of hydrogen-bond donors (Lipinski definition) is 1. The summed E-state index contributed by atoms with van der Waals surface area (Å²) in [6, 6.07) is 11.8. The van der Waals surface area contributed by atoms with E-state index in [1.54, 1.807) is 19.1 Å². The fraction of sp³-hybridized carbons (Fsp3) is 0.316. The molecule has 7 heteroatoms. The number of carbonyl (C=O) groups excluding carboxylic acids is 1. The molecule has 0 radical (unpaired) electrons. The van der Waals surface area contributed by atoms with Crippen LogP contribution in [0.1, 0.15) is 24.2 Å². The van der Waals surface area contributed by atoms with Gasteiger partial charge in [-0.3, -0.25) is 4.79 Å². The predicted molar refractivity (Wildman–Crippen MR) is 100 cm³/mol. The molecule has 0 saturated heterocycles. The lowest BCUT2D eigenvalue weighted by atomic mass is 10.1. The van der Waals surface area contributed by atoms with Gasteiger partial charge in [-0.15, -0.1) is 0 Å². The molecule has 2 rings (SSSR count). The summed E-state index contributed by atoms with van der Waals surface area (Å²) in [5.74, 6) is -0.732. The Kier molecular flexibility index (Phi) is 6.37. The SMILES string of the molecule is CCC(=O)NC[C@@H](c1ccc(N(C)C)cc1)S(=O)(=O)c1ccc(F)cc1. The highest BCUT2D eigenvalue weighted by atomic mass is 32.2. The molecule has 2 aromatic rings. The van der Waals surface area contributed by atoms with Crippen molar-refractivity contribution in [3.05, 3.63) is 59.9 Å². The van der Waals surface area contributed by atoms with Crippen molar-refractivity contribution in [1.29, 1.82) is 0 Å². The van der Waals surface area contributed by atoms with Crippen molar-refractivity contribution in [3.8, 4) is 0 Å². The number of hydrogen-bond acceptors (Lipinski definition) is 4. The molecule has 0 aromatic heterocycles. The summed E-state index contributed by atoms with van der Waals surface area (Å²) >= 11 is 0. The van der Waals surface area contributed by atoms with Gasteiger partial charge < -0.3 is 10.2 Å². The summed E-state index contributed by atoms with van der Waals surface area (Å²) in [4.78, 5) is 13.6. The molecule has 5 nitrogen and oxygen atoms in total. The van der Waals surface area contributed by atoms with Crippen molar-refractivity contribution in [3.63, 3.8) is 0 Å². The van der Waals surface area contributed by atoms with Gasteiger partial charge in [0.25, 0.3) is 0 Å². The van der Waals surface area contributed by atoms with Gasteiger partial charge in [-0.05, 0) is 42.0 Å². The van der Waals surface area contributed by atoms with Crippen LogP contribution in [0.25, 0.3) is 0 Å². The Morgan fingerprint density at radius 2 is 1.65 bits per heavy atom. The van der Waals surface area contributed by atoms with Gasteiger partial charge in [0, 0.05) is 32.7 Å². The quantitative estimate of drug-likeness (QED) is 0.753. The van der Waals surface area contributed by atoms with E-state index in [1.807, 2.05) is 31.1 Å². The topological polar surface area (TPSA) is 66.5 Å². The maximum atomic E-state index is 13.2. The Morgan fingerprint density at radius 3 is 2.15 bits per heavy atom. The molecular formula is C19H23FN2O3S. The first kappa shape index (κ1) is 19.9. The van der Waals surface area contributed by atoms with E-state index in [0.29, 0.717) is 5.56 Å². The van der Waals surface area contributed by atoms with Gasteiger partial charge >= 0.3 is 0 Å². The van der Waals surface area contributed by atoms with Crippen LogP contribution in [0.5, 0.6) is 0 Å². The molecule has 0 heterocycles. The highest BCUT2D eigenvalue weighted by molar-refractivity contribution is 7.91. The first-order valence-electron chi connectivity index (χ1n) is 8.29. The Bertz CT molecular complexity index is 847. The van der Waals surface area contributed by atoms with Crippen LogP contribution < -0.4 is 10.2 Å². The minimum atomic E-state index is -3.80. The second-order valence-electron chi connectivity index (χ2n) is 6.13. The van der Waals surface area contributed by atoms with Gasteiger partial charge in [-0.1, -0.05) is 19.1 Å². The number of nitrogens with zero attached hydrogens (tertiary/aromatic N) is 1. The van der Waals surface area contributed by atoms with Crippen LogP contribution in [0.3, 0.4) is 0 Å². The third-order valence-corrected chi connectivity index (χ3v) is 6.22. The number of anilines is 1. The summed E-state index contributed by atoms with van der Waals surface area (Å²) < 4.78 is 39.3. The van der Waals surface area contributed by atoms with Crippen molar-refractivity contribution in [2.45, 2.75) is 23.5 Å². The monoisotopic (exact) mass is 378 g/mol. The zero-order valence-corrected chi connectivity index (χ0v) is 15.9. The van der Waals surface area contributed by atoms with E-state index in [9.17, 15) is 17.6 Å². The molecule has 0 bridgehead atoms. The number of carbonyl (C=O) groups is 1. The second-order valence-corrected chi connectivity index (χ2v) is 8.26. The molecule has 0 saturated carbocycles.